The van der Waals surface area contributed by atoms with E-state index in [-0.39, 0.29) is 23.0 Å². The van der Waals surface area contributed by atoms with Gasteiger partial charge < -0.3 is 5.32 Å². The number of benzene rings is 1. The fraction of sp³-hybridized carbons (Fsp3) is 0.571. The molecule has 0 radical (unpaired) electrons. The fourth-order valence-electron chi connectivity index (χ4n) is 3.33. The van der Waals surface area contributed by atoms with Crippen molar-refractivity contribution in [2.75, 3.05) is 19.6 Å². The molecule has 128 valence electrons. The van der Waals surface area contributed by atoms with Crippen molar-refractivity contribution in [1.29, 1.82) is 0 Å². The molecule has 9 heteroatoms. The van der Waals surface area contributed by atoms with Crippen molar-refractivity contribution in [3.05, 3.63) is 33.9 Å². The molecule has 2 aliphatic rings. The summed E-state index contributed by atoms with van der Waals surface area (Å²) >= 11 is 0. The number of nitro benzene ring substituents is 1. The standard InChI is InChI=1S/C14H19N3O4S.ClH/c1-10-2-3-12(8-14(10)17(18)19)22(20,21)16-7-5-13-11(9-16)4-6-15-13;/h2-3,8,11,13,15H,4-7,9H2,1H3;1H. The second-order valence-electron chi connectivity index (χ2n) is 5.97. The number of piperidine rings is 1. The third-order valence-corrected chi connectivity index (χ3v) is 6.49. The molecular formula is C14H20ClN3O4S. The lowest BCUT2D eigenvalue weighted by Gasteiger charge is -2.33. The number of halogens is 1. The Bertz CT molecular complexity index is 710. The van der Waals surface area contributed by atoms with Crippen LogP contribution in [0, 0.1) is 23.0 Å². The van der Waals surface area contributed by atoms with Crippen molar-refractivity contribution >= 4 is 28.1 Å². The van der Waals surface area contributed by atoms with E-state index in [1.807, 2.05) is 0 Å². The predicted octanol–water partition coefficient (Wildman–Crippen LogP) is 1.70. The Hall–Kier alpha value is -1.22. The van der Waals surface area contributed by atoms with Gasteiger partial charge >= 0.3 is 0 Å². The number of rotatable bonds is 3. The second-order valence-corrected chi connectivity index (χ2v) is 7.90. The van der Waals surface area contributed by atoms with Gasteiger partial charge in [-0.3, -0.25) is 10.1 Å². The number of hydrogen-bond acceptors (Lipinski definition) is 5. The Labute approximate surface area is 141 Å². The smallest absolute Gasteiger partial charge is 0.273 e. The summed E-state index contributed by atoms with van der Waals surface area (Å²) in [6, 6.07) is 4.52. The third-order valence-electron chi connectivity index (χ3n) is 4.63. The zero-order valence-electron chi connectivity index (χ0n) is 12.8. The minimum atomic E-state index is -3.67. The highest BCUT2D eigenvalue weighted by Crippen LogP contribution is 2.30. The first kappa shape index (κ1) is 18.1. The Morgan fingerprint density at radius 2 is 2.09 bits per heavy atom. The maximum absolute atomic E-state index is 12.7. The Balaban J connectivity index is 0.00000192. The quantitative estimate of drug-likeness (QED) is 0.653. The number of aryl methyl sites for hydroxylation is 1. The molecule has 1 aromatic rings. The van der Waals surface area contributed by atoms with Gasteiger partial charge in [-0.1, -0.05) is 6.07 Å². The predicted molar refractivity (Wildman–Crippen MR) is 88.4 cm³/mol. The first-order valence-corrected chi connectivity index (χ1v) is 8.82. The molecular weight excluding hydrogens is 342 g/mol. The van der Waals surface area contributed by atoms with E-state index in [1.54, 1.807) is 6.92 Å². The molecule has 2 aliphatic heterocycles. The number of nitrogens with one attached hydrogen (secondary N) is 1. The van der Waals surface area contributed by atoms with Crippen LogP contribution in [0.4, 0.5) is 5.69 Å². The summed E-state index contributed by atoms with van der Waals surface area (Å²) in [5.74, 6) is 0.337. The van der Waals surface area contributed by atoms with Gasteiger partial charge in [-0.25, -0.2) is 8.42 Å². The molecule has 2 saturated heterocycles. The van der Waals surface area contributed by atoms with Gasteiger partial charge in [0.25, 0.3) is 5.69 Å². The third kappa shape index (κ3) is 3.35. The Morgan fingerprint density at radius 3 is 2.78 bits per heavy atom. The highest BCUT2D eigenvalue weighted by Gasteiger charge is 2.38. The molecule has 23 heavy (non-hydrogen) atoms. The number of nitrogens with zero attached hydrogens (tertiary/aromatic N) is 2. The minimum absolute atomic E-state index is 0. The second kappa shape index (κ2) is 6.72. The van der Waals surface area contributed by atoms with Crippen LogP contribution < -0.4 is 5.32 Å². The van der Waals surface area contributed by atoms with Crippen LogP contribution in [0.3, 0.4) is 0 Å². The summed E-state index contributed by atoms with van der Waals surface area (Å²) in [5, 5.41) is 14.4. The van der Waals surface area contributed by atoms with E-state index in [1.165, 1.54) is 22.5 Å². The van der Waals surface area contributed by atoms with Gasteiger partial charge in [-0.15, -0.1) is 12.4 Å². The monoisotopic (exact) mass is 361 g/mol. The molecule has 0 bridgehead atoms. The lowest BCUT2D eigenvalue weighted by molar-refractivity contribution is -0.385. The maximum atomic E-state index is 12.7. The van der Waals surface area contributed by atoms with Gasteiger partial charge in [0.15, 0.2) is 0 Å². The average Bonchev–Trinajstić information content (AvgIpc) is 2.94. The van der Waals surface area contributed by atoms with Crippen molar-refractivity contribution in [3.63, 3.8) is 0 Å². The van der Waals surface area contributed by atoms with Crippen molar-refractivity contribution < 1.29 is 13.3 Å². The summed E-state index contributed by atoms with van der Waals surface area (Å²) in [5.41, 5.74) is 0.307. The van der Waals surface area contributed by atoms with E-state index < -0.39 is 14.9 Å². The number of hydrogen-bond donors (Lipinski definition) is 1. The van der Waals surface area contributed by atoms with Gasteiger partial charge in [-0.05, 0) is 38.3 Å². The van der Waals surface area contributed by atoms with Gasteiger partial charge in [0.05, 0.1) is 9.82 Å². The van der Waals surface area contributed by atoms with Crippen LogP contribution >= 0.6 is 12.4 Å². The molecule has 7 nitrogen and oxygen atoms in total. The first-order valence-electron chi connectivity index (χ1n) is 7.38. The van der Waals surface area contributed by atoms with Crippen LogP contribution in [0.1, 0.15) is 18.4 Å². The topological polar surface area (TPSA) is 92.6 Å². The van der Waals surface area contributed by atoms with Crippen molar-refractivity contribution in [2.45, 2.75) is 30.7 Å². The molecule has 1 N–H and O–H groups in total. The van der Waals surface area contributed by atoms with Crippen molar-refractivity contribution in [1.82, 2.24) is 9.62 Å². The molecule has 1 aromatic carbocycles. The van der Waals surface area contributed by atoms with E-state index in [2.05, 4.69) is 5.32 Å². The Kier molecular flexibility index (Phi) is 5.30. The van der Waals surface area contributed by atoms with Gasteiger partial charge in [0, 0.05) is 30.8 Å². The van der Waals surface area contributed by atoms with Crippen LogP contribution in [0.25, 0.3) is 0 Å². The first-order chi connectivity index (χ1) is 10.4. The molecule has 0 amide bonds. The van der Waals surface area contributed by atoms with Crippen LogP contribution in [-0.2, 0) is 10.0 Å². The van der Waals surface area contributed by atoms with E-state index in [9.17, 15) is 18.5 Å². The van der Waals surface area contributed by atoms with Crippen LogP contribution in [-0.4, -0.2) is 43.3 Å². The summed E-state index contributed by atoms with van der Waals surface area (Å²) in [6.07, 6.45) is 1.77. The Morgan fingerprint density at radius 1 is 1.35 bits per heavy atom. The highest BCUT2D eigenvalue weighted by atomic mass is 35.5. The van der Waals surface area contributed by atoms with Gasteiger partial charge in [0.2, 0.25) is 10.0 Å². The van der Waals surface area contributed by atoms with Gasteiger partial charge in [-0.2, -0.15) is 4.31 Å². The number of fused-ring (bicyclic) bond motifs is 1. The average molecular weight is 362 g/mol. The molecule has 2 fully saturated rings. The number of nitro groups is 1. The zero-order valence-corrected chi connectivity index (χ0v) is 14.4. The lowest BCUT2D eigenvalue weighted by Crippen LogP contribution is -2.46. The van der Waals surface area contributed by atoms with E-state index in [0.717, 1.165) is 19.4 Å². The molecule has 0 aromatic heterocycles. The van der Waals surface area contributed by atoms with E-state index in [4.69, 9.17) is 0 Å². The maximum Gasteiger partial charge on any atom is 0.273 e. The molecule has 2 atom stereocenters. The summed E-state index contributed by atoms with van der Waals surface area (Å²) in [6.45, 7) is 3.48. The molecule has 0 saturated carbocycles. The normalized spacial score (nSPS) is 24.7. The lowest BCUT2D eigenvalue weighted by atomic mass is 9.95. The van der Waals surface area contributed by atoms with E-state index >= 15 is 0 Å². The van der Waals surface area contributed by atoms with Crippen molar-refractivity contribution in [2.24, 2.45) is 5.92 Å². The minimum Gasteiger partial charge on any atom is -0.314 e. The molecule has 0 aliphatic carbocycles. The summed E-state index contributed by atoms with van der Waals surface area (Å²) < 4.78 is 27.0. The number of sulfonamides is 1. The molecule has 2 unspecified atom stereocenters. The molecule has 0 spiro atoms. The van der Waals surface area contributed by atoms with Crippen LogP contribution in [0.5, 0.6) is 0 Å². The molecule has 3 rings (SSSR count). The van der Waals surface area contributed by atoms with E-state index in [0.29, 0.717) is 30.6 Å². The summed E-state index contributed by atoms with van der Waals surface area (Å²) in [4.78, 5) is 10.5. The van der Waals surface area contributed by atoms with Gasteiger partial charge in [0.1, 0.15) is 0 Å². The summed E-state index contributed by atoms with van der Waals surface area (Å²) in [7, 11) is -3.67. The highest BCUT2D eigenvalue weighted by molar-refractivity contribution is 7.89. The van der Waals surface area contributed by atoms with Crippen LogP contribution in [0.15, 0.2) is 23.1 Å². The van der Waals surface area contributed by atoms with Crippen LogP contribution in [0.2, 0.25) is 0 Å². The largest absolute Gasteiger partial charge is 0.314 e. The zero-order chi connectivity index (χ0) is 15.9. The fourth-order valence-corrected chi connectivity index (χ4v) is 4.86. The molecule has 2 heterocycles. The van der Waals surface area contributed by atoms with Crippen molar-refractivity contribution in [3.8, 4) is 0 Å². The SMILES string of the molecule is Cc1ccc(S(=O)(=O)N2CCC3NCCC3C2)cc1[N+](=O)[O-].Cl.